The van der Waals surface area contributed by atoms with Crippen molar-refractivity contribution in [1.82, 2.24) is 9.78 Å². The maximum absolute atomic E-state index is 12.2. The van der Waals surface area contributed by atoms with Crippen LogP contribution in [0.1, 0.15) is 11.3 Å². The summed E-state index contributed by atoms with van der Waals surface area (Å²) in [4.78, 5) is 15.4. The molecule has 1 fully saturated rings. The molecule has 0 N–H and O–H groups in total. The lowest BCUT2D eigenvalue weighted by Gasteiger charge is -2.17. The van der Waals surface area contributed by atoms with Gasteiger partial charge in [0.2, 0.25) is 0 Å². The van der Waals surface area contributed by atoms with Gasteiger partial charge >= 0.3 is 0 Å². The summed E-state index contributed by atoms with van der Waals surface area (Å²) in [5, 5.41) is 4.29. The minimum atomic E-state index is -0.0714. The van der Waals surface area contributed by atoms with Gasteiger partial charge in [-0.25, -0.2) is 4.68 Å². The molecule has 5 nitrogen and oxygen atoms in total. The normalized spacial score (nSPS) is 18.4. The third kappa shape index (κ3) is 3.36. The van der Waals surface area contributed by atoms with Gasteiger partial charge in [-0.05, 0) is 34.5 Å². The molecule has 0 amide bonds. The number of methoxy groups -OCH3 is 1. The van der Waals surface area contributed by atoms with Crippen LogP contribution in [0.4, 0.5) is 5.69 Å². The fourth-order valence-corrected chi connectivity index (χ4v) is 3.92. The van der Waals surface area contributed by atoms with Crippen molar-refractivity contribution in [3.05, 3.63) is 43.4 Å². The number of hydrogen-bond acceptors (Lipinski definition) is 5. The smallest absolute Gasteiger partial charge is 0.269 e. The molecule has 0 aliphatic carbocycles. The molecule has 2 aromatic rings. The second-order valence-electron chi connectivity index (χ2n) is 5.01. The zero-order valence-corrected chi connectivity index (χ0v) is 14.1. The Hall–Kier alpha value is -1.18. The highest BCUT2D eigenvalue weighted by Crippen LogP contribution is 2.23. The van der Waals surface area contributed by atoms with Crippen molar-refractivity contribution in [2.75, 3.05) is 25.1 Å². The van der Waals surface area contributed by atoms with Gasteiger partial charge in [-0.1, -0.05) is 0 Å². The summed E-state index contributed by atoms with van der Waals surface area (Å²) in [6.07, 6.45) is 3.00. The third-order valence-corrected chi connectivity index (χ3v) is 5.24. The summed E-state index contributed by atoms with van der Waals surface area (Å²) in [7, 11) is 1.73. The third-order valence-electron chi connectivity index (χ3n) is 3.63. The van der Waals surface area contributed by atoms with Crippen LogP contribution in [0, 0.1) is 0 Å². The SMILES string of the molecule is COC1CCN(c2cnn(Cc3ccc(Br)s3)c(=O)c2)C1. The summed E-state index contributed by atoms with van der Waals surface area (Å²) in [5.74, 6) is 0. The van der Waals surface area contributed by atoms with Crippen LogP contribution < -0.4 is 10.5 Å². The van der Waals surface area contributed by atoms with E-state index in [9.17, 15) is 4.79 Å². The fourth-order valence-electron chi connectivity index (χ4n) is 2.46. The molecule has 0 radical (unpaired) electrons. The van der Waals surface area contributed by atoms with E-state index >= 15 is 0 Å². The number of hydrogen-bond donors (Lipinski definition) is 0. The Balaban J connectivity index is 1.75. The van der Waals surface area contributed by atoms with Crippen molar-refractivity contribution >= 4 is 33.0 Å². The van der Waals surface area contributed by atoms with Gasteiger partial charge in [0.05, 0.1) is 28.3 Å². The quantitative estimate of drug-likeness (QED) is 0.829. The second kappa shape index (κ2) is 6.29. The number of thiophene rings is 1. The molecule has 0 aromatic carbocycles. The average molecular weight is 370 g/mol. The summed E-state index contributed by atoms with van der Waals surface area (Å²) in [6.45, 7) is 2.23. The number of ether oxygens (including phenoxy) is 1. The van der Waals surface area contributed by atoms with Gasteiger partial charge in [-0.15, -0.1) is 11.3 Å². The van der Waals surface area contributed by atoms with E-state index in [0.717, 1.165) is 33.9 Å². The van der Waals surface area contributed by atoms with E-state index in [1.165, 1.54) is 4.68 Å². The van der Waals surface area contributed by atoms with Crippen LogP contribution in [0.15, 0.2) is 33.0 Å². The number of anilines is 1. The van der Waals surface area contributed by atoms with Crippen molar-refractivity contribution in [2.45, 2.75) is 19.1 Å². The van der Waals surface area contributed by atoms with Crippen LogP contribution >= 0.6 is 27.3 Å². The Kier molecular flexibility index (Phi) is 4.42. The Morgan fingerprint density at radius 1 is 1.52 bits per heavy atom. The van der Waals surface area contributed by atoms with Crippen molar-refractivity contribution in [3.8, 4) is 0 Å². The first-order valence-corrected chi connectivity index (χ1v) is 8.36. The topological polar surface area (TPSA) is 47.4 Å². The minimum absolute atomic E-state index is 0.0714. The van der Waals surface area contributed by atoms with E-state index in [-0.39, 0.29) is 11.7 Å². The van der Waals surface area contributed by atoms with Crippen LogP contribution in [0.2, 0.25) is 0 Å². The van der Waals surface area contributed by atoms with E-state index in [4.69, 9.17) is 4.74 Å². The van der Waals surface area contributed by atoms with E-state index in [1.807, 2.05) is 12.1 Å². The fraction of sp³-hybridized carbons (Fsp3) is 0.429. The van der Waals surface area contributed by atoms with Crippen LogP contribution in [0.3, 0.4) is 0 Å². The summed E-state index contributed by atoms with van der Waals surface area (Å²) in [6, 6.07) is 5.64. The zero-order valence-electron chi connectivity index (χ0n) is 11.7. The molecule has 2 aromatic heterocycles. The predicted octanol–water partition coefficient (Wildman–Crippen LogP) is 2.34. The van der Waals surface area contributed by atoms with Gasteiger partial charge in [0.1, 0.15) is 0 Å². The maximum atomic E-state index is 12.2. The standard InChI is InChI=1S/C14H16BrN3O2S/c1-20-11-4-5-17(8-11)10-6-14(19)18(16-7-10)9-12-2-3-13(15)21-12/h2-3,6-7,11H,4-5,8-9H2,1H3. The number of aromatic nitrogens is 2. The Morgan fingerprint density at radius 3 is 3.00 bits per heavy atom. The lowest BCUT2D eigenvalue weighted by molar-refractivity contribution is 0.121. The Bertz CT molecular complexity index is 685. The first-order chi connectivity index (χ1) is 10.2. The number of nitrogens with zero attached hydrogens (tertiary/aromatic N) is 3. The van der Waals surface area contributed by atoms with Crippen molar-refractivity contribution in [1.29, 1.82) is 0 Å². The molecule has 0 saturated carbocycles. The summed E-state index contributed by atoms with van der Waals surface area (Å²) >= 11 is 5.04. The van der Waals surface area contributed by atoms with E-state index in [1.54, 1.807) is 30.7 Å². The molecule has 3 heterocycles. The number of halogens is 1. The van der Waals surface area contributed by atoms with Crippen LogP contribution in [-0.4, -0.2) is 36.1 Å². The van der Waals surface area contributed by atoms with Gasteiger partial charge in [-0.2, -0.15) is 5.10 Å². The van der Waals surface area contributed by atoms with Crippen molar-refractivity contribution in [3.63, 3.8) is 0 Å². The summed E-state index contributed by atoms with van der Waals surface area (Å²) < 4.78 is 7.90. The molecular formula is C14H16BrN3O2S. The lowest BCUT2D eigenvalue weighted by atomic mass is 10.3. The zero-order chi connectivity index (χ0) is 14.8. The molecule has 1 aliphatic rings. The Morgan fingerprint density at radius 2 is 2.38 bits per heavy atom. The van der Waals surface area contributed by atoms with Gasteiger partial charge < -0.3 is 9.64 Å². The molecule has 0 bridgehead atoms. The monoisotopic (exact) mass is 369 g/mol. The molecule has 1 unspecified atom stereocenters. The molecule has 1 atom stereocenters. The first kappa shape index (κ1) is 14.7. The second-order valence-corrected chi connectivity index (χ2v) is 7.56. The predicted molar refractivity (Wildman–Crippen MR) is 87.2 cm³/mol. The maximum Gasteiger partial charge on any atom is 0.269 e. The van der Waals surface area contributed by atoms with Gasteiger partial charge in [-0.3, -0.25) is 4.79 Å². The minimum Gasteiger partial charge on any atom is -0.380 e. The molecular weight excluding hydrogens is 354 g/mol. The highest BCUT2D eigenvalue weighted by molar-refractivity contribution is 9.11. The highest BCUT2D eigenvalue weighted by atomic mass is 79.9. The molecule has 21 heavy (non-hydrogen) atoms. The van der Waals surface area contributed by atoms with Gasteiger partial charge in [0, 0.05) is 31.1 Å². The lowest BCUT2D eigenvalue weighted by Crippen LogP contribution is -2.27. The van der Waals surface area contributed by atoms with E-state index in [2.05, 4.69) is 25.9 Å². The molecule has 1 aliphatic heterocycles. The van der Waals surface area contributed by atoms with Crippen LogP contribution in [0.25, 0.3) is 0 Å². The van der Waals surface area contributed by atoms with Crippen LogP contribution in [-0.2, 0) is 11.3 Å². The van der Waals surface area contributed by atoms with E-state index < -0.39 is 0 Å². The molecule has 1 saturated heterocycles. The van der Waals surface area contributed by atoms with Gasteiger partial charge in [0.15, 0.2) is 0 Å². The van der Waals surface area contributed by atoms with Gasteiger partial charge in [0.25, 0.3) is 5.56 Å². The van der Waals surface area contributed by atoms with Crippen molar-refractivity contribution < 1.29 is 4.74 Å². The highest BCUT2D eigenvalue weighted by Gasteiger charge is 2.22. The molecule has 3 rings (SSSR count). The molecule has 7 heteroatoms. The summed E-state index contributed by atoms with van der Waals surface area (Å²) in [5.41, 5.74) is 0.807. The Labute approximate surface area is 135 Å². The first-order valence-electron chi connectivity index (χ1n) is 6.75. The van der Waals surface area contributed by atoms with Crippen LogP contribution in [0.5, 0.6) is 0 Å². The molecule has 0 spiro atoms. The number of rotatable bonds is 4. The molecule has 112 valence electrons. The average Bonchev–Trinajstić information content (AvgIpc) is 3.10. The van der Waals surface area contributed by atoms with Crippen molar-refractivity contribution in [2.24, 2.45) is 0 Å². The largest absolute Gasteiger partial charge is 0.380 e. The van der Waals surface area contributed by atoms with E-state index in [0.29, 0.717) is 6.54 Å².